The van der Waals surface area contributed by atoms with Crippen LogP contribution in [0.1, 0.15) is 38.3 Å². The van der Waals surface area contributed by atoms with Crippen LogP contribution in [0.3, 0.4) is 0 Å². The van der Waals surface area contributed by atoms with Crippen LogP contribution in [0.2, 0.25) is 0 Å². The first-order valence-corrected chi connectivity index (χ1v) is 6.39. The Bertz CT molecular complexity index is 365. The van der Waals surface area contributed by atoms with Gasteiger partial charge in [-0.2, -0.15) is 0 Å². The SMILES string of the molecule is CCC(CC)C(NN)c1ccc(OC)cc1OC. The van der Waals surface area contributed by atoms with Gasteiger partial charge in [0.25, 0.3) is 0 Å². The number of benzene rings is 1. The number of hydrazine groups is 1. The van der Waals surface area contributed by atoms with E-state index in [9.17, 15) is 0 Å². The zero-order valence-corrected chi connectivity index (χ0v) is 11.7. The molecule has 0 aliphatic rings. The lowest BCUT2D eigenvalue weighted by Crippen LogP contribution is -2.33. The molecule has 4 heteroatoms. The van der Waals surface area contributed by atoms with Crippen LogP contribution in [0.25, 0.3) is 0 Å². The molecule has 18 heavy (non-hydrogen) atoms. The lowest BCUT2D eigenvalue weighted by atomic mass is 9.89. The number of methoxy groups -OCH3 is 2. The summed E-state index contributed by atoms with van der Waals surface area (Å²) in [7, 11) is 3.31. The average Bonchev–Trinajstić information content (AvgIpc) is 2.44. The minimum atomic E-state index is 0.0980. The van der Waals surface area contributed by atoms with Crippen molar-refractivity contribution in [3.8, 4) is 11.5 Å². The van der Waals surface area contributed by atoms with Gasteiger partial charge in [-0.05, 0) is 12.0 Å². The van der Waals surface area contributed by atoms with Crippen molar-refractivity contribution in [2.45, 2.75) is 32.7 Å². The van der Waals surface area contributed by atoms with E-state index in [1.807, 2.05) is 18.2 Å². The summed E-state index contributed by atoms with van der Waals surface area (Å²) in [5, 5.41) is 0. The van der Waals surface area contributed by atoms with Crippen molar-refractivity contribution in [2.75, 3.05) is 14.2 Å². The number of ether oxygens (including phenoxy) is 2. The van der Waals surface area contributed by atoms with Gasteiger partial charge in [0.05, 0.1) is 20.3 Å². The molecule has 0 aliphatic heterocycles. The fourth-order valence-electron chi connectivity index (χ4n) is 2.32. The molecule has 0 amide bonds. The summed E-state index contributed by atoms with van der Waals surface area (Å²) in [6.45, 7) is 4.35. The van der Waals surface area contributed by atoms with E-state index in [0.29, 0.717) is 5.92 Å². The monoisotopic (exact) mass is 252 g/mol. The predicted octanol–water partition coefficient (Wildman–Crippen LogP) is 2.64. The Balaban J connectivity index is 3.11. The Morgan fingerprint density at radius 2 is 1.83 bits per heavy atom. The summed E-state index contributed by atoms with van der Waals surface area (Å²) in [4.78, 5) is 0. The standard InChI is InChI=1S/C14H24N2O2/c1-5-10(6-2)14(16-15)12-8-7-11(17-3)9-13(12)18-4/h7-10,14,16H,5-6,15H2,1-4H3. The zero-order valence-electron chi connectivity index (χ0n) is 11.7. The fourth-order valence-corrected chi connectivity index (χ4v) is 2.32. The van der Waals surface area contributed by atoms with Crippen LogP contribution in [0.4, 0.5) is 0 Å². The third kappa shape index (κ3) is 3.15. The van der Waals surface area contributed by atoms with Crippen LogP contribution in [-0.2, 0) is 0 Å². The molecule has 0 aromatic heterocycles. The summed E-state index contributed by atoms with van der Waals surface area (Å²) in [6, 6.07) is 5.94. The average molecular weight is 252 g/mol. The van der Waals surface area contributed by atoms with Gasteiger partial charge in [-0.1, -0.05) is 32.8 Å². The smallest absolute Gasteiger partial charge is 0.127 e. The van der Waals surface area contributed by atoms with Gasteiger partial charge in [-0.25, -0.2) is 0 Å². The second kappa shape index (κ2) is 7.24. The summed E-state index contributed by atoms with van der Waals surface area (Å²) >= 11 is 0. The molecular formula is C14H24N2O2. The summed E-state index contributed by atoms with van der Waals surface area (Å²) in [6.07, 6.45) is 2.14. The lowest BCUT2D eigenvalue weighted by Gasteiger charge is -2.26. The van der Waals surface area contributed by atoms with Crippen LogP contribution >= 0.6 is 0 Å². The van der Waals surface area contributed by atoms with Crippen LogP contribution in [-0.4, -0.2) is 14.2 Å². The van der Waals surface area contributed by atoms with Crippen molar-refractivity contribution in [1.29, 1.82) is 0 Å². The van der Waals surface area contributed by atoms with Gasteiger partial charge >= 0.3 is 0 Å². The molecule has 1 aromatic rings. The van der Waals surface area contributed by atoms with Crippen molar-refractivity contribution in [1.82, 2.24) is 5.43 Å². The molecule has 3 N–H and O–H groups in total. The molecule has 1 aromatic carbocycles. The van der Waals surface area contributed by atoms with Gasteiger partial charge in [0.1, 0.15) is 11.5 Å². The first-order valence-electron chi connectivity index (χ1n) is 6.39. The summed E-state index contributed by atoms with van der Waals surface area (Å²) in [5.41, 5.74) is 3.99. The molecule has 0 aliphatic carbocycles. The zero-order chi connectivity index (χ0) is 13.5. The number of hydrogen-bond acceptors (Lipinski definition) is 4. The highest BCUT2D eigenvalue weighted by Crippen LogP contribution is 2.35. The highest BCUT2D eigenvalue weighted by Gasteiger charge is 2.22. The third-order valence-corrected chi connectivity index (χ3v) is 3.48. The maximum absolute atomic E-state index is 5.71. The van der Waals surface area contributed by atoms with Gasteiger partial charge in [0.15, 0.2) is 0 Å². The molecule has 0 fully saturated rings. The molecule has 102 valence electrons. The lowest BCUT2D eigenvalue weighted by molar-refractivity contribution is 0.327. The van der Waals surface area contributed by atoms with E-state index in [4.69, 9.17) is 15.3 Å². The van der Waals surface area contributed by atoms with Crippen molar-refractivity contribution in [2.24, 2.45) is 11.8 Å². The molecule has 1 unspecified atom stereocenters. The van der Waals surface area contributed by atoms with E-state index in [0.717, 1.165) is 29.9 Å². The maximum atomic E-state index is 5.71. The minimum absolute atomic E-state index is 0.0980. The van der Waals surface area contributed by atoms with E-state index in [1.165, 1.54) is 0 Å². The molecule has 0 saturated carbocycles. The molecular weight excluding hydrogens is 228 g/mol. The Morgan fingerprint density at radius 1 is 1.17 bits per heavy atom. The molecule has 0 spiro atoms. The molecule has 1 atom stereocenters. The largest absolute Gasteiger partial charge is 0.497 e. The summed E-state index contributed by atoms with van der Waals surface area (Å²) < 4.78 is 10.6. The van der Waals surface area contributed by atoms with E-state index in [1.54, 1.807) is 14.2 Å². The fraction of sp³-hybridized carbons (Fsp3) is 0.571. The second-order valence-electron chi connectivity index (χ2n) is 4.33. The van der Waals surface area contributed by atoms with Crippen molar-refractivity contribution in [3.63, 3.8) is 0 Å². The highest BCUT2D eigenvalue weighted by atomic mass is 16.5. The van der Waals surface area contributed by atoms with E-state index in [-0.39, 0.29) is 6.04 Å². The molecule has 0 bridgehead atoms. The van der Waals surface area contributed by atoms with E-state index in [2.05, 4.69) is 19.3 Å². The first kappa shape index (κ1) is 14.8. The number of nitrogens with two attached hydrogens (primary N) is 1. The van der Waals surface area contributed by atoms with Crippen LogP contribution in [0, 0.1) is 5.92 Å². The molecule has 0 saturated heterocycles. The van der Waals surface area contributed by atoms with Gasteiger partial charge in [0, 0.05) is 11.6 Å². The van der Waals surface area contributed by atoms with Crippen LogP contribution in [0.5, 0.6) is 11.5 Å². The Morgan fingerprint density at radius 3 is 2.28 bits per heavy atom. The molecule has 0 radical (unpaired) electrons. The van der Waals surface area contributed by atoms with Gasteiger partial charge in [-0.3, -0.25) is 11.3 Å². The van der Waals surface area contributed by atoms with Crippen LogP contribution in [0.15, 0.2) is 18.2 Å². The second-order valence-corrected chi connectivity index (χ2v) is 4.33. The molecule has 0 heterocycles. The van der Waals surface area contributed by atoms with Gasteiger partial charge in [0.2, 0.25) is 0 Å². The van der Waals surface area contributed by atoms with E-state index < -0.39 is 0 Å². The Kier molecular flexibility index (Phi) is 5.95. The normalized spacial score (nSPS) is 12.6. The quantitative estimate of drug-likeness (QED) is 0.578. The van der Waals surface area contributed by atoms with Gasteiger partial charge < -0.3 is 9.47 Å². The number of hydrogen-bond donors (Lipinski definition) is 2. The number of rotatable bonds is 7. The van der Waals surface area contributed by atoms with Gasteiger partial charge in [-0.15, -0.1) is 0 Å². The molecule has 1 rings (SSSR count). The number of nitrogens with one attached hydrogen (secondary N) is 1. The first-order chi connectivity index (χ1) is 8.71. The highest BCUT2D eigenvalue weighted by molar-refractivity contribution is 5.42. The summed E-state index contributed by atoms with van der Waals surface area (Å²) in [5.74, 6) is 7.80. The Labute approximate surface area is 109 Å². The molecule has 4 nitrogen and oxygen atoms in total. The third-order valence-electron chi connectivity index (χ3n) is 3.48. The Hall–Kier alpha value is -1.26. The minimum Gasteiger partial charge on any atom is -0.497 e. The van der Waals surface area contributed by atoms with E-state index >= 15 is 0 Å². The maximum Gasteiger partial charge on any atom is 0.127 e. The van der Waals surface area contributed by atoms with Crippen molar-refractivity contribution < 1.29 is 9.47 Å². The topological polar surface area (TPSA) is 56.5 Å². The predicted molar refractivity (Wildman–Crippen MR) is 73.7 cm³/mol. The van der Waals surface area contributed by atoms with Crippen LogP contribution < -0.4 is 20.7 Å². The van der Waals surface area contributed by atoms with Crippen molar-refractivity contribution >= 4 is 0 Å². The van der Waals surface area contributed by atoms with Crippen molar-refractivity contribution in [3.05, 3.63) is 23.8 Å².